The molecule has 6 nitrogen and oxygen atoms in total. The molecule has 1 unspecified atom stereocenters. The van der Waals surface area contributed by atoms with Gasteiger partial charge in [-0.1, -0.05) is 6.07 Å². The number of benzene rings is 1. The molecule has 0 aromatic heterocycles. The Balaban J connectivity index is 2.29. The van der Waals surface area contributed by atoms with Gasteiger partial charge in [-0.05, 0) is 12.1 Å². The van der Waals surface area contributed by atoms with Gasteiger partial charge in [0.05, 0.1) is 12.3 Å². The third-order valence-electron chi connectivity index (χ3n) is 2.59. The fourth-order valence-electron chi connectivity index (χ4n) is 1.72. The number of hydrogen-bond acceptors (Lipinski definition) is 4. The lowest BCUT2D eigenvalue weighted by Crippen LogP contribution is -2.33. The summed E-state index contributed by atoms with van der Waals surface area (Å²) in [5.74, 6) is -0.312. The van der Waals surface area contributed by atoms with Crippen molar-refractivity contribution in [3.8, 4) is 11.5 Å². The van der Waals surface area contributed by atoms with Crippen molar-refractivity contribution in [2.45, 2.75) is 12.5 Å². The molecular formula is C12H13ClN2O4. The number of primary amides is 1. The summed E-state index contributed by atoms with van der Waals surface area (Å²) >= 11 is 5.44. The van der Waals surface area contributed by atoms with Crippen molar-refractivity contribution in [1.82, 2.24) is 0 Å². The highest BCUT2D eigenvalue weighted by atomic mass is 35.5. The Morgan fingerprint density at radius 2 is 2.26 bits per heavy atom. The first-order chi connectivity index (χ1) is 9.11. The van der Waals surface area contributed by atoms with Crippen molar-refractivity contribution in [1.29, 1.82) is 0 Å². The van der Waals surface area contributed by atoms with Crippen LogP contribution in [0.4, 0.5) is 5.69 Å². The van der Waals surface area contributed by atoms with Crippen LogP contribution in [-0.4, -0.2) is 30.4 Å². The normalized spacial score (nSPS) is 17.4. The fourth-order valence-corrected chi connectivity index (χ4v) is 1.79. The molecule has 0 saturated heterocycles. The summed E-state index contributed by atoms with van der Waals surface area (Å²) in [6, 6.07) is 4.99. The molecule has 0 aliphatic carbocycles. The topological polar surface area (TPSA) is 90.7 Å². The van der Waals surface area contributed by atoms with Crippen LogP contribution >= 0.6 is 11.6 Å². The molecule has 0 spiro atoms. The van der Waals surface area contributed by atoms with Crippen LogP contribution in [0.15, 0.2) is 18.2 Å². The minimum absolute atomic E-state index is 0.158. The molecule has 0 saturated carbocycles. The molecule has 0 bridgehead atoms. The van der Waals surface area contributed by atoms with Gasteiger partial charge < -0.3 is 20.5 Å². The van der Waals surface area contributed by atoms with E-state index < -0.39 is 12.0 Å². The number of carbonyl (C=O) groups is 2. The second-order valence-electron chi connectivity index (χ2n) is 3.96. The van der Waals surface area contributed by atoms with E-state index in [2.05, 4.69) is 5.32 Å². The van der Waals surface area contributed by atoms with Crippen LogP contribution in [0.3, 0.4) is 0 Å². The van der Waals surface area contributed by atoms with Gasteiger partial charge in [0.2, 0.25) is 5.91 Å². The van der Waals surface area contributed by atoms with E-state index in [0.717, 1.165) is 0 Å². The number of rotatable bonds is 3. The van der Waals surface area contributed by atoms with Gasteiger partial charge in [0.25, 0.3) is 5.91 Å². The first-order valence-corrected chi connectivity index (χ1v) is 6.23. The molecule has 2 amide bonds. The van der Waals surface area contributed by atoms with Gasteiger partial charge in [0.1, 0.15) is 5.88 Å². The van der Waals surface area contributed by atoms with Crippen LogP contribution in [0.25, 0.3) is 0 Å². The fraction of sp³-hybridized carbons (Fsp3) is 0.333. The Labute approximate surface area is 114 Å². The van der Waals surface area contributed by atoms with E-state index >= 15 is 0 Å². The van der Waals surface area contributed by atoms with Crippen molar-refractivity contribution in [2.24, 2.45) is 5.73 Å². The Morgan fingerprint density at radius 3 is 2.95 bits per heavy atom. The van der Waals surface area contributed by atoms with Crippen molar-refractivity contribution < 1.29 is 19.1 Å². The summed E-state index contributed by atoms with van der Waals surface area (Å²) in [7, 11) is 0. The van der Waals surface area contributed by atoms with Gasteiger partial charge in [-0.15, -0.1) is 11.6 Å². The molecule has 19 heavy (non-hydrogen) atoms. The van der Waals surface area contributed by atoms with Gasteiger partial charge in [-0.25, -0.2) is 0 Å². The average Bonchev–Trinajstić information content (AvgIpc) is 2.61. The highest BCUT2D eigenvalue weighted by molar-refractivity contribution is 6.29. The van der Waals surface area contributed by atoms with Crippen molar-refractivity contribution in [3.05, 3.63) is 18.2 Å². The Hall–Kier alpha value is -1.95. The zero-order chi connectivity index (χ0) is 13.8. The molecule has 1 aromatic rings. The number of alkyl halides is 1. The maximum Gasteiger partial charge on any atom is 0.258 e. The molecule has 1 aliphatic rings. The molecule has 3 N–H and O–H groups in total. The Kier molecular flexibility index (Phi) is 4.11. The van der Waals surface area contributed by atoms with Crippen LogP contribution < -0.4 is 20.5 Å². The second kappa shape index (κ2) is 5.79. The second-order valence-corrected chi connectivity index (χ2v) is 4.23. The summed E-state index contributed by atoms with van der Waals surface area (Å²) in [4.78, 5) is 22.5. The average molecular weight is 285 g/mol. The maximum absolute atomic E-state index is 11.3. The molecule has 7 heteroatoms. The standard InChI is InChI=1S/C12H13ClN2O4/c13-6-10(16)15-7-2-1-3-8-11(7)18-5-4-9(19-8)12(14)17/h1-3,9H,4-6H2,(H2,14,17)(H,15,16). The van der Waals surface area contributed by atoms with Crippen LogP contribution in [0.5, 0.6) is 11.5 Å². The van der Waals surface area contributed by atoms with Crippen LogP contribution in [-0.2, 0) is 9.59 Å². The molecule has 102 valence electrons. The first kappa shape index (κ1) is 13.5. The summed E-state index contributed by atoms with van der Waals surface area (Å²) in [5, 5.41) is 2.60. The SMILES string of the molecule is NC(=O)C1CCOc2c(NC(=O)CCl)cccc2O1. The number of fused-ring (bicyclic) bond motifs is 1. The van der Waals surface area contributed by atoms with Gasteiger partial charge in [0.15, 0.2) is 17.6 Å². The Bertz CT molecular complexity index is 507. The lowest BCUT2D eigenvalue weighted by molar-refractivity contribution is -0.124. The van der Waals surface area contributed by atoms with Crippen molar-refractivity contribution in [2.75, 3.05) is 17.8 Å². The van der Waals surface area contributed by atoms with E-state index in [4.69, 9.17) is 26.8 Å². The molecule has 0 fully saturated rings. The number of carbonyl (C=O) groups excluding carboxylic acids is 2. The van der Waals surface area contributed by atoms with Crippen LogP contribution in [0.2, 0.25) is 0 Å². The number of hydrogen-bond donors (Lipinski definition) is 2. The number of amides is 2. The number of ether oxygens (including phenoxy) is 2. The van der Waals surface area contributed by atoms with E-state index in [-0.39, 0.29) is 18.4 Å². The lowest BCUT2D eigenvalue weighted by Gasteiger charge is -2.14. The van der Waals surface area contributed by atoms with E-state index in [0.29, 0.717) is 23.6 Å². The number of nitrogens with two attached hydrogens (primary N) is 1. The minimum atomic E-state index is -0.736. The molecule has 2 rings (SSSR count). The Morgan fingerprint density at radius 1 is 1.47 bits per heavy atom. The number of anilines is 1. The summed E-state index contributed by atoms with van der Waals surface area (Å²) in [5.41, 5.74) is 5.68. The third kappa shape index (κ3) is 3.08. The predicted molar refractivity (Wildman–Crippen MR) is 69.5 cm³/mol. The minimum Gasteiger partial charge on any atom is -0.487 e. The summed E-state index contributed by atoms with van der Waals surface area (Å²) in [6.45, 7) is 0.272. The van der Waals surface area contributed by atoms with Gasteiger partial charge >= 0.3 is 0 Å². The maximum atomic E-state index is 11.3. The van der Waals surface area contributed by atoms with E-state index in [1.807, 2.05) is 0 Å². The predicted octanol–water partition coefficient (Wildman–Crippen LogP) is 0.879. The number of nitrogens with one attached hydrogen (secondary N) is 1. The van der Waals surface area contributed by atoms with Crippen molar-refractivity contribution >= 4 is 29.1 Å². The summed E-state index contributed by atoms with van der Waals surface area (Å²) in [6.07, 6.45) is -0.382. The first-order valence-electron chi connectivity index (χ1n) is 5.69. The molecule has 1 aromatic carbocycles. The zero-order valence-electron chi connectivity index (χ0n) is 10.0. The summed E-state index contributed by atoms with van der Waals surface area (Å²) < 4.78 is 11.0. The quantitative estimate of drug-likeness (QED) is 0.806. The van der Waals surface area contributed by atoms with E-state index in [1.54, 1.807) is 18.2 Å². The van der Waals surface area contributed by atoms with Gasteiger partial charge in [-0.3, -0.25) is 9.59 Å². The molecular weight excluding hydrogens is 272 g/mol. The van der Waals surface area contributed by atoms with Crippen molar-refractivity contribution in [3.63, 3.8) is 0 Å². The highest BCUT2D eigenvalue weighted by Crippen LogP contribution is 2.37. The molecule has 1 heterocycles. The molecule has 0 radical (unpaired) electrons. The smallest absolute Gasteiger partial charge is 0.258 e. The van der Waals surface area contributed by atoms with Gasteiger partial charge in [0, 0.05) is 6.42 Å². The monoisotopic (exact) mass is 284 g/mol. The highest BCUT2D eigenvalue weighted by Gasteiger charge is 2.24. The van der Waals surface area contributed by atoms with Crippen LogP contribution in [0.1, 0.15) is 6.42 Å². The van der Waals surface area contributed by atoms with E-state index in [1.165, 1.54) is 0 Å². The zero-order valence-corrected chi connectivity index (χ0v) is 10.8. The lowest BCUT2D eigenvalue weighted by atomic mass is 10.2. The largest absolute Gasteiger partial charge is 0.487 e. The number of para-hydroxylation sites is 1. The molecule has 1 atom stereocenters. The van der Waals surface area contributed by atoms with Crippen LogP contribution in [0, 0.1) is 0 Å². The third-order valence-corrected chi connectivity index (χ3v) is 2.83. The molecule has 1 aliphatic heterocycles. The van der Waals surface area contributed by atoms with Gasteiger partial charge in [-0.2, -0.15) is 0 Å². The number of halogens is 1. The van der Waals surface area contributed by atoms with E-state index in [9.17, 15) is 9.59 Å².